The predicted molar refractivity (Wildman–Crippen MR) is 119 cm³/mol. The summed E-state index contributed by atoms with van der Waals surface area (Å²) in [5, 5.41) is 9.26. The van der Waals surface area contributed by atoms with E-state index in [1.807, 2.05) is 17.0 Å². The molecule has 32 heavy (non-hydrogen) atoms. The van der Waals surface area contributed by atoms with E-state index in [2.05, 4.69) is 18.2 Å². The maximum atomic E-state index is 13.0. The molecular weight excluding hydrogens is 404 g/mol. The molecule has 2 aliphatic heterocycles. The Morgan fingerprint density at radius 2 is 1.62 bits per heavy atom. The molecule has 0 spiro atoms. The van der Waals surface area contributed by atoms with E-state index in [1.165, 1.54) is 24.8 Å². The predicted octanol–water partition coefficient (Wildman–Crippen LogP) is 2.13. The Bertz CT molecular complexity index is 912. The number of amides is 2. The third-order valence-corrected chi connectivity index (χ3v) is 8.13. The number of rotatable bonds is 3. The second kappa shape index (κ2) is 8.49. The van der Waals surface area contributed by atoms with Crippen molar-refractivity contribution >= 4 is 11.8 Å². The van der Waals surface area contributed by atoms with E-state index in [-0.39, 0.29) is 30.9 Å². The van der Waals surface area contributed by atoms with Gasteiger partial charge in [0.25, 0.3) is 5.91 Å². The molecule has 7 nitrogen and oxygen atoms in total. The smallest absolute Gasteiger partial charge is 0.253 e. The monoisotopic (exact) mass is 436 g/mol. The first kappa shape index (κ1) is 21.4. The summed E-state index contributed by atoms with van der Waals surface area (Å²) in [6.07, 6.45) is 5.70. The van der Waals surface area contributed by atoms with Gasteiger partial charge in [-0.05, 0) is 67.6 Å². The lowest BCUT2D eigenvalue weighted by Gasteiger charge is -2.43. The van der Waals surface area contributed by atoms with Crippen molar-refractivity contribution < 1.29 is 14.3 Å². The number of nitrogens with zero attached hydrogens (tertiary/aromatic N) is 3. The fourth-order valence-corrected chi connectivity index (χ4v) is 6.11. The topological polar surface area (TPSA) is 99.7 Å². The Hall–Kier alpha value is -2.43. The summed E-state index contributed by atoms with van der Waals surface area (Å²) < 4.78 is 5.10. The summed E-state index contributed by atoms with van der Waals surface area (Å²) in [6, 6.07) is 10.6. The van der Waals surface area contributed by atoms with Crippen LogP contribution in [0.1, 0.15) is 53.9 Å². The molecule has 4 fully saturated rings. The number of nitrogens with two attached hydrogens (primary N) is 1. The Balaban J connectivity index is 1.16. The summed E-state index contributed by atoms with van der Waals surface area (Å²) >= 11 is 0. The van der Waals surface area contributed by atoms with Gasteiger partial charge in [0, 0.05) is 37.7 Å². The van der Waals surface area contributed by atoms with Gasteiger partial charge in [-0.15, -0.1) is 0 Å². The second-order valence-electron chi connectivity index (χ2n) is 10.2. The molecule has 4 aliphatic rings. The normalized spacial score (nSPS) is 31.4. The maximum Gasteiger partial charge on any atom is 0.253 e. The SMILES string of the molecule is N#CC1CC2CCC(c3ccc(C(=O)N4CCN(C(=O)C5(N)COC5)CC4)cc3)CC2C1. The van der Waals surface area contributed by atoms with Gasteiger partial charge in [0.05, 0.1) is 19.3 Å². The summed E-state index contributed by atoms with van der Waals surface area (Å²) in [7, 11) is 0. The summed E-state index contributed by atoms with van der Waals surface area (Å²) in [5.74, 6) is 2.14. The first-order valence-corrected chi connectivity index (χ1v) is 11.9. The summed E-state index contributed by atoms with van der Waals surface area (Å²) in [4.78, 5) is 29.1. The van der Waals surface area contributed by atoms with E-state index in [0.29, 0.717) is 43.6 Å². The highest BCUT2D eigenvalue weighted by atomic mass is 16.5. The number of benzene rings is 1. The van der Waals surface area contributed by atoms with Crippen molar-refractivity contribution in [3.05, 3.63) is 35.4 Å². The molecule has 2 heterocycles. The average Bonchev–Trinajstić information content (AvgIpc) is 3.24. The van der Waals surface area contributed by atoms with Gasteiger partial charge in [0.15, 0.2) is 0 Å². The van der Waals surface area contributed by atoms with Crippen molar-refractivity contribution in [2.75, 3.05) is 39.4 Å². The lowest BCUT2D eigenvalue weighted by Crippen LogP contribution is -2.68. The van der Waals surface area contributed by atoms with Gasteiger partial charge < -0.3 is 20.3 Å². The van der Waals surface area contributed by atoms with Crippen LogP contribution in [0, 0.1) is 29.1 Å². The molecule has 0 aromatic heterocycles. The van der Waals surface area contributed by atoms with Gasteiger partial charge in [0.2, 0.25) is 5.91 Å². The van der Waals surface area contributed by atoms with Crippen LogP contribution in [0.15, 0.2) is 24.3 Å². The van der Waals surface area contributed by atoms with Gasteiger partial charge in [-0.25, -0.2) is 0 Å². The molecule has 2 saturated heterocycles. The van der Waals surface area contributed by atoms with Crippen molar-refractivity contribution in [1.82, 2.24) is 9.80 Å². The molecule has 2 amide bonds. The van der Waals surface area contributed by atoms with Gasteiger partial charge >= 0.3 is 0 Å². The van der Waals surface area contributed by atoms with Crippen molar-refractivity contribution in [1.29, 1.82) is 5.26 Å². The second-order valence-corrected chi connectivity index (χ2v) is 10.2. The number of hydrogen-bond acceptors (Lipinski definition) is 5. The van der Waals surface area contributed by atoms with Gasteiger partial charge in [0.1, 0.15) is 5.54 Å². The molecule has 4 atom stereocenters. The summed E-state index contributed by atoms with van der Waals surface area (Å²) in [5.41, 5.74) is 7.21. The molecule has 2 aliphatic carbocycles. The van der Waals surface area contributed by atoms with Crippen molar-refractivity contribution in [3.8, 4) is 6.07 Å². The molecule has 1 aromatic carbocycles. The van der Waals surface area contributed by atoms with Crippen LogP contribution < -0.4 is 5.73 Å². The molecule has 2 saturated carbocycles. The van der Waals surface area contributed by atoms with E-state index in [0.717, 1.165) is 18.8 Å². The van der Waals surface area contributed by atoms with Crippen molar-refractivity contribution in [2.24, 2.45) is 23.5 Å². The largest absolute Gasteiger partial charge is 0.376 e. The number of carbonyl (C=O) groups excluding carboxylic acids is 2. The van der Waals surface area contributed by atoms with Gasteiger partial charge in [-0.2, -0.15) is 5.26 Å². The van der Waals surface area contributed by atoms with Crippen LogP contribution in [-0.4, -0.2) is 66.5 Å². The summed E-state index contributed by atoms with van der Waals surface area (Å²) in [6.45, 7) is 2.62. The van der Waals surface area contributed by atoms with Crippen LogP contribution in [0.5, 0.6) is 0 Å². The lowest BCUT2D eigenvalue weighted by molar-refractivity contribution is -0.155. The fraction of sp³-hybridized carbons (Fsp3) is 0.640. The minimum Gasteiger partial charge on any atom is -0.376 e. The van der Waals surface area contributed by atoms with Crippen LogP contribution in [0.4, 0.5) is 0 Å². The number of carbonyl (C=O) groups is 2. The van der Waals surface area contributed by atoms with Gasteiger partial charge in [-0.3, -0.25) is 9.59 Å². The van der Waals surface area contributed by atoms with E-state index in [1.54, 1.807) is 4.90 Å². The van der Waals surface area contributed by atoms with E-state index >= 15 is 0 Å². The highest BCUT2D eigenvalue weighted by Gasteiger charge is 2.45. The Labute approximate surface area is 189 Å². The highest BCUT2D eigenvalue weighted by Crippen LogP contribution is 2.49. The van der Waals surface area contributed by atoms with E-state index < -0.39 is 5.54 Å². The van der Waals surface area contributed by atoms with Crippen LogP contribution in [0.3, 0.4) is 0 Å². The molecule has 2 N–H and O–H groups in total. The third-order valence-electron chi connectivity index (χ3n) is 8.13. The Kier molecular flexibility index (Phi) is 5.68. The highest BCUT2D eigenvalue weighted by molar-refractivity contribution is 5.94. The van der Waals surface area contributed by atoms with E-state index in [4.69, 9.17) is 10.5 Å². The van der Waals surface area contributed by atoms with E-state index in [9.17, 15) is 14.9 Å². The minimum atomic E-state index is -0.880. The zero-order chi connectivity index (χ0) is 22.3. The molecule has 1 aromatic rings. The molecule has 5 rings (SSSR count). The van der Waals surface area contributed by atoms with Crippen LogP contribution in [0.2, 0.25) is 0 Å². The lowest BCUT2D eigenvalue weighted by atomic mass is 9.73. The van der Waals surface area contributed by atoms with Crippen LogP contribution in [-0.2, 0) is 9.53 Å². The number of nitriles is 1. The fourth-order valence-electron chi connectivity index (χ4n) is 6.11. The standard InChI is InChI=1S/C25H32N4O3/c26-14-17-11-20-5-6-21(13-22(20)12-17)18-1-3-19(4-2-18)23(30)28-7-9-29(10-8-28)24(31)25(27)15-32-16-25/h1-4,17,20-22H,5-13,15-16,27H2. The number of fused-ring (bicyclic) bond motifs is 1. The van der Waals surface area contributed by atoms with Crippen molar-refractivity contribution in [3.63, 3.8) is 0 Å². The Morgan fingerprint density at radius 1 is 0.969 bits per heavy atom. The molecule has 0 bridgehead atoms. The molecular formula is C25H32N4O3. The number of ether oxygens (including phenoxy) is 1. The van der Waals surface area contributed by atoms with Crippen molar-refractivity contribution in [2.45, 2.75) is 43.6 Å². The van der Waals surface area contributed by atoms with Crippen LogP contribution >= 0.6 is 0 Å². The number of piperazine rings is 1. The Morgan fingerprint density at radius 3 is 2.25 bits per heavy atom. The van der Waals surface area contributed by atoms with Gasteiger partial charge in [-0.1, -0.05) is 12.1 Å². The minimum absolute atomic E-state index is 0.0226. The first-order chi connectivity index (χ1) is 15.5. The molecule has 170 valence electrons. The zero-order valence-electron chi connectivity index (χ0n) is 18.5. The zero-order valence-corrected chi connectivity index (χ0v) is 18.5. The molecule has 7 heteroatoms. The third kappa shape index (κ3) is 3.91. The average molecular weight is 437 g/mol. The first-order valence-electron chi connectivity index (χ1n) is 11.9. The number of hydrogen-bond donors (Lipinski definition) is 1. The van der Waals surface area contributed by atoms with Crippen LogP contribution in [0.25, 0.3) is 0 Å². The molecule has 0 radical (unpaired) electrons. The maximum absolute atomic E-state index is 13.0. The molecule has 4 unspecified atom stereocenters. The quantitative estimate of drug-likeness (QED) is 0.783.